The second-order valence-corrected chi connectivity index (χ2v) is 7.73. The number of benzene rings is 1. The van der Waals surface area contributed by atoms with Gasteiger partial charge in [-0.3, -0.25) is 0 Å². The van der Waals surface area contributed by atoms with Gasteiger partial charge in [-0.1, -0.05) is 32.8 Å². The van der Waals surface area contributed by atoms with Crippen LogP contribution in [0.3, 0.4) is 0 Å². The van der Waals surface area contributed by atoms with Crippen molar-refractivity contribution in [3.05, 3.63) is 35.4 Å². The first kappa shape index (κ1) is 21.0. The molecule has 3 nitrogen and oxygen atoms in total. The molecule has 1 rings (SSSR count). The standard InChI is InChI=1S/C19H32F2N2O/c1-13(2)6-5-9-19(3,4)23-12-18(24)17(22)11-14-7-8-15(20)16(21)10-14/h7-8,10,13,17-18,23-24H,5-6,9,11-12,22H2,1-4H3/t17-,18+/m0/s1. The fourth-order valence-corrected chi connectivity index (χ4v) is 2.65. The molecule has 0 unspecified atom stereocenters. The summed E-state index contributed by atoms with van der Waals surface area (Å²) in [4.78, 5) is 0. The molecule has 0 bridgehead atoms. The van der Waals surface area contributed by atoms with Gasteiger partial charge in [0.2, 0.25) is 0 Å². The van der Waals surface area contributed by atoms with Crippen LogP contribution in [0.2, 0.25) is 0 Å². The summed E-state index contributed by atoms with van der Waals surface area (Å²) < 4.78 is 26.2. The number of aliphatic hydroxyl groups is 1. The molecule has 4 N–H and O–H groups in total. The SMILES string of the molecule is CC(C)CCCC(C)(C)NC[C@@H](O)[C@@H](N)Cc1ccc(F)c(F)c1. The summed E-state index contributed by atoms with van der Waals surface area (Å²) in [5.74, 6) is -1.08. The van der Waals surface area contributed by atoms with E-state index in [1.807, 2.05) is 0 Å². The molecular formula is C19H32F2N2O. The number of halogens is 2. The van der Waals surface area contributed by atoms with Crippen molar-refractivity contribution in [3.8, 4) is 0 Å². The number of hydrogen-bond donors (Lipinski definition) is 3. The average molecular weight is 342 g/mol. The van der Waals surface area contributed by atoms with Gasteiger partial charge in [-0.15, -0.1) is 0 Å². The Morgan fingerprint density at radius 1 is 1.21 bits per heavy atom. The Bertz CT molecular complexity index is 506. The normalized spacial score (nSPS) is 14.9. The van der Waals surface area contributed by atoms with Gasteiger partial charge >= 0.3 is 0 Å². The van der Waals surface area contributed by atoms with Crippen LogP contribution >= 0.6 is 0 Å². The van der Waals surface area contributed by atoms with Crippen molar-refractivity contribution in [3.63, 3.8) is 0 Å². The Balaban J connectivity index is 2.42. The van der Waals surface area contributed by atoms with E-state index in [0.717, 1.165) is 25.0 Å². The molecule has 0 spiro atoms. The quantitative estimate of drug-likeness (QED) is 0.611. The van der Waals surface area contributed by atoms with Crippen molar-refractivity contribution in [1.29, 1.82) is 0 Å². The van der Waals surface area contributed by atoms with Crippen LogP contribution in [0.15, 0.2) is 18.2 Å². The summed E-state index contributed by atoms with van der Waals surface area (Å²) in [5, 5.41) is 13.6. The van der Waals surface area contributed by atoms with Gasteiger partial charge < -0.3 is 16.2 Å². The maximum Gasteiger partial charge on any atom is 0.159 e. The number of nitrogens with one attached hydrogen (secondary N) is 1. The molecular weight excluding hydrogens is 310 g/mol. The van der Waals surface area contributed by atoms with Crippen LogP contribution in [0.5, 0.6) is 0 Å². The van der Waals surface area contributed by atoms with Gasteiger partial charge in [0.25, 0.3) is 0 Å². The molecule has 5 heteroatoms. The van der Waals surface area contributed by atoms with E-state index in [1.165, 1.54) is 12.5 Å². The summed E-state index contributed by atoms with van der Waals surface area (Å²) in [6.45, 7) is 9.02. The minimum Gasteiger partial charge on any atom is -0.390 e. The number of rotatable bonds is 10. The third-order valence-corrected chi connectivity index (χ3v) is 4.32. The Morgan fingerprint density at radius 3 is 2.46 bits per heavy atom. The summed E-state index contributed by atoms with van der Waals surface area (Å²) in [5.41, 5.74) is 6.51. The zero-order valence-electron chi connectivity index (χ0n) is 15.3. The Labute approximate surface area is 144 Å². The van der Waals surface area contributed by atoms with Gasteiger partial charge in [0.15, 0.2) is 11.6 Å². The second kappa shape index (κ2) is 9.44. The average Bonchev–Trinajstić information content (AvgIpc) is 2.48. The highest BCUT2D eigenvalue weighted by Gasteiger charge is 2.21. The molecule has 0 aliphatic heterocycles. The van der Waals surface area contributed by atoms with Crippen molar-refractivity contribution in [2.45, 2.75) is 71.1 Å². The van der Waals surface area contributed by atoms with Crippen LogP contribution in [0.1, 0.15) is 52.5 Å². The van der Waals surface area contributed by atoms with Crippen molar-refractivity contribution in [1.82, 2.24) is 5.32 Å². The summed E-state index contributed by atoms with van der Waals surface area (Å²) in [7, 11) is 0. The lowest BCUT2D eigenvalue weighted by Crippen LogP contribution is -2.49. The van der Waals surface area contributed by atoms with Crippen LogP contribution in [0.25, 0.3) is 0 Å². The van der Waals surface area contributed by atoms with E-state index in [1.54, 1.807) is 0 Å². The van der Waals surface area contributed by atoms with Crippen LogP contribution in [-0.4, -0.2) is 29.3 Å². The largest absolute Gasteiger partial charge is 0.390 e. The van der Waals surface area contributed by atoms with Gasteiger partial charge in [0, 0.05) is 18.1 Å². The lowest BCUT2D eigenvalue weighted by Gasteiger charge is -2.29. The molecule has 0 aliphatic carbocycles. The van der Waals surface area contributed by atoms with Crippen molar-refractivity contribution in [2.75, 3.05) is 6.54 Å². The highest BCUT2D eigenvalue weighted by Crippen LogP contribution is 2.16. The highest BCUT2D eigenvalue weighted by atomic mass is 19.2. The molecule has 138 valence electrons. The molecule has 0 saturated carbocycles. The molecule has 0 radical (unpaired) electrons. The van der Waals surface area contributed by atoms with Crippen LogP contribution in [0, 0.1) is 17.6 Å². The molecule has 0 amide bonds. The van der Waals surface area contributed by atoms with Crippen LogP contribution < -0.4 is 11.1 Å². The predicted molar refractivity (Wildman–Crippen MR) is 94.8 cm³/mol. The molecule has 0 saturated heterocycles. The van der Waals surface area contributed by atoms with Gasteiger partial charge in [0.05, 0.1) is 6.10 Å². The molecule has 24 heavy (non-hydrogen) atoms. The van der Waals surface area contributed by atoms with Crippen molar-refractivity contribution >= 4 is 0 Å². The molecule has 0 aliphatic rings. The Morgan fingerprint density at radius 2 is 1.88 bits per heavy atom. The zero-order valence-corrected chi connectivity index (χ0v) is 15.3. The van der Waals surface area contributed by atoms with Crippen molar-refractivity contribution < 1.29 is 13.9 Å². The zero-order chi connectivity index (χ0) is 18.3. The van der Waals surface area contributed by atoms with Crippen LogP contribution in [0.4, 0.5) is 8.78 Å². The Kier molecular flexibility index (Phi) is 8.27. The highest BCUT2D eigenvalue weighted by molar-refractivity contribution is 5.19. The lowest BCUT2D eigenvalue weighted by atomic mass is 9.94. The van der Waals surface area contributed by atoms with Gasteiger partial charge in [-0.2, -0.15) is 0 Å². The number of β-amino-alcohol motifs (C(OH)–C–C–N with tert-alkyl or cyclic N) is 1. The lowest BCUT2D eigenvalue weighted by molar-refractivity contribution is 0.129. The van der Waals surface area contributed by atoms with E-state index in [4.69, 9.17) is 5.73 Å². The minimum atomic E-state index is -0.890. The monoisotopic (exact) mass is 342 g/mol. The maximum absolute atomic E-state index is 13.2. The second-order valence-electron chi connectivity index (χ2n) is 7.73. The first-order valence-electron chi connectivity index (χ1n) is 8.73. The molecule has 0 fully saturated rings. The summed E-state index contributed by atoms with van der Waals surface area (Å²) in [6, 6.07) is 3.17. The smallest absolute Gasteiger partial charge is 0.159 e. The Hall–Kier alpha value is -1.04. The van der Waals surface area contributed by atoms with E-state index >= 15 is 0 Å². The molecule has 0 aromatic heterocycles. The number of aliphatic hydroxyl groups excluding tert-OH is 1. The molecule has 1 aromatic carbocycles. The minimum absolute atomic E-state index is 0.0719. The topological polar surface area (TPSA) is 58.3 Å². The maximum atomic E-state index is 13.2. The third kappa shape index (κ3) is 7.69. The third-order valence-electron chi connectivity index (χ3n) is 4.32. The fraction of sp³-hybridized carbons (Fsp3) is 0.684. The van der Waals surface area contributed by atoms with Gasteiger partial charge in [0.1, 0.15) is 0 Å². The molecule has 1 aromatic rings. The predicted octanol–water partition coefficient (Wildman–Crippen LogP) is 3.39. The van der Waals surface area contributed by atoms with E-state index < -0.39 is 23.8 Å². The first-order valence-corrected chi connectivity index (χ1v) is 8.73. The summed E-state index contributed by atoms with van der Waals surface area (Å²) in [6.07, 6.45) is 2.89. The molecule has 2 atom stereocenters. The number of hydrogen-bond acceptors (Lipinski definition) is 3. The van der Waals surface area contributed by atoms with Crippen molar-refractivity contribution in [2.24, 2.45) is 11.7 Å². The van der Waals surface area contributed by atoms with E-state index in [-0.39, 0.29) is 5.54 Å². The van der Waals surface area contributed by atoms with Crippen LogP contribution in [-0.2, 0) is 6.42 Å². The van der Waals surface area contributed by atoms with Gasteiger partial charge in [-0.05, 0) is 50.3 Å². The summed E-state index contributed by atoms with van der Waals surface area (Å²) >= 11 is 0. The van der Waals surface area contributed by atoms with E-state index in [9.17, 15) is 13.9 Å². The van der Waals surface area contributed by atoms with E-state index in [2.05, 4.69) is 33.0 Å². The van der Waals surface area contributed by atoms with Gasteiger partial charge in [-0.25, -0.2) is 8.78 Å². The fourth-order valence-electron chi connectivity index (χ4n) is 2.65. The number of nitrogens with two attached hydrogens (primary N) is 1. The van der Waals surface area contributed by atoms with E-state index in [0.29, 0.717) is 24.4 Å². The molecule has 0 heterocycles. The first-order chi connectivity index (χ1) is 11.1.